The Hall–Kier alpha value is -2.01. The van der Waals surface area contributed by atoms with Crippen molar-refractivity contribution in [2.75, 3.05) is 13.2 Å². The molecule has 132 valence electrons. The number of phenolic OH excluding ortho intramolecular Hbond substituents is 1. The zero-order valence-corrected chi connectivity index (χ0v) is 16.5. The first-order valence-electron chi connectivity index (χ1n) is 7.45. The summed E-state index contributed by atoms with van der Waals surface area (Å²) in [4.78, 5) is 0. The molecule has 0 spiro atoms. The van der Waals surface area contributed by atoms with Crippen LogP contribution in [0.4, 0.5) is 0 Å². The molecule has 0 amide bonds. The van der Waals surface area contributed by atoms with Crippen molar-refractivity contribution in [1.29, 1.82) is 0 Å². The number of phenols is 1. The number of hydrogen-bond donors (Lipinski definition) is 4. The molecule has 1 aliphatic rings. The molecule has 0 radical (unpaired) electrons. The van der Waals surface area contributed by atoms with Crippen LogP contribution in [0.25, 0.3) is 0 Å². The molecule has 0 atom stereocenters. The molecule has 25 heavy (non-hydrogen) atoms. The topological polar surface area (TPSA) is 90.6 Å². The standard InChI is InChI=1S/C16H18IN5O2S/c1-2-24-14-9-11(3-4-13(14)23)10-19-20-15(21-22-16(17)25)12-5-7-18-8-6-12/h3-7,9-10,18,23H,2,8H2,1H3,(H,20,21)(H,22,25)/b19-10+. The normalized spacial score (nSPS) is 15.1. The predicted molar refractivity (Wildman–Crippen MR) is 113 cm³/mol. The van der Waals surface area contributed by atoms with Crippen molar-refractivity contribution in [2.24, 2.45) is 15.3 Å². The summed E-state index contributed by atoms with van der Waals surface area (Å²) >= 11 is 6.06. The molecule has 9 heteroatoms. The van der Waals surface area contributed by atoms with Gasteiger partial charge in [-0.25, -0.2) is 0 Å². The number of dihydropyridines is 1. The molecule has 0 saturated heterocycles. The molecule has 1 heterocycles. The van der Waals surface area contributed by atoms with E-state index in [0.717, 1.165) is 11.1 Å². The second kappa shape index (κ2) is 10.1. The van der Waals surface area contributed by atoms with Crippen molar-refractivity contribution < 1.29 is 9.84 Å². The third kappa shape index (κ3) is 6.42. The zero-order chi connectivity index (χ0) is 18.1. The molecule has 0 fully saturated rings. The molecule has 1 aromatic carbocycles. The first-order valence-corrected chi connectivity index (χ1v) is 8.98. The smallest absolute Gasteiger partial charge is 0.175 e. The third-order valence-corrected chi connectivity index (χ3v) is 3.30. The largest absolute Gasteiger partial charge is 0.504 e. The Morgan fingerprint density at radius 1 is 1.48 bits per heavy atom. The van der Waals surface area contributed by atoms with E-state index in [1.165, 1.54) is 0 Å². The first-order chi connectivity index (χ1) is 12.1. The molecule has 2 rings (SSSR count). The second-order valence-corrected chi connectivity index (χ2v) is 7.05. The molecule has 3 N–H and O–H groups in total. The lowest BCUT2D eigenvalue weighted by molar-refractivity contribution is 0.318. The van der Waals surface area contributed by atoms with Crippen LogP contribution in [-0.4, -0.2) is 33.4 Å². The molecule has 0 bridgehead atoms. The summed E-state index contributed by atoms with van der Waals surface area (Å²) in [6.45, 7) is 3.03. The number of amidine groups is 1. The van der Waals surface area contributed by atoms with Crippen LogP contribution in [0, 0.1) is 0 Å². The Labute approximate surface area is 165 Å². The summed E-state index contributed by atoms with van der Waals surface area (Å²) < 4.78 is 5.87. The van der Waals surface area contributed by atoms with Gasteiger partial charge in [0.05, 0.1) is 12.8 Å². The van der Waals surface area contributed by atoms with Crippen LogP contribution in [0.15, 0.2) is 57.4 Å². The van der Waals surface area contributed by atoms with Crippen molar-refractivity contribution in [3.8, 4) is 11.5 Å². The number of aromatic hydroxyl groups is 1. The maximum absolute atomic E-state index is 9.72. The van der Waals surface area contributed by atoms with Crippen molar-refractivity contribution in [2.45, 2.75) is 6.92 Å². The van der Waals surface area contributed by atoms with Gasteiger partial charge in [-0.2, -0.15) is 5.10 Å². The highest BCUT2D eigenvalue weighted by atomic mass is 127. The van der Waals surface area contributed by atoms with Gasteiger partial charge in [0, 0.05) is 12.1 Å². The highest BCUT2D eigenvalue weighted by molar-refractivity contribution is 14.1. The summed E-state index contributed by atoms with van der Waals surface area (Å²) in [6.07, 6.45) is 7.29. The van der Waals surface area contributed by atoms with Crippen molar-refractivity contribution in [3.63, 3.8) is 0 Å². The molecule has 1 aliphatic heterocycles. The maximum atomic E-state index is 9.72. The van der Waals surface area contributed by atoms with E-state index >= 15 is 0 Å². The summed E-state index contributed by atoms with van der Waals surface area (Å²) in [5, 5.41) is 25.1. The third-order valence-electron chi connectivity index (χ3n) is 2.99. The lowest BCUT2D eigenvalue weighted by atomic mass is 10.2. The van der Waals surface area contributed by atoms with Gasteiger partial charge in [-0.1, -0.05) is 6.08 Å². The molecule has 7 nitrogen and oxygen atoms in total. The number of benzene rings is 1. The lowest BCUT2D eigenvalue weighted by Crippen LogP contribution is -2.22. The van der Waals surface area contributed by atoms with Gasteiger partial charge in [0.25, 0.3) is 0 Å². The number of hydrogen-bond acceptors (Lipinski definition) is 6. The van der Waals surface area contributed by atoms with Crippen LogP contribution in [0.5, 0.6) is 11.5 Å². The van der Waals surface area contributed by atoms with Crippen LogP contribution >= 0.6 is 35.2 Å². The summed E-state index contributed by atoms with van der Waals surface area (Å²) in [5.74, 6) is 1.01. The number of ether oxygens (including phenoxy) is 1. The number of nitrogens with one attached hydrogen (secondary N) is 2. The van der Waals surface area contributed by atoms with Crippen LogP contribution < -0.4 is 15.5 Å². The van der Waals surface area contributed by atoms with Crippen LogP contribution in [0.1, 0.15) is 12.5 Å². The second-order valence-electron chi connectivity index (χ2n) is 4.75. The Balaban J connectivity index is 2.14. The van der Waals surface area contributed by atoms with E-state index in [1.807, 2.05) is 47.9 Å². The number of halogens is 1. The Kier molecular flexibility index (Phi) is 7.79. The van der Waals surface area contributed by atoms with Crippen molar-refractivity contribution >= 4 is 50.3 Å². The van der Waals surface area contributed by atoms with E-state index in [1.54, 1.807) is 24.4 Å². The van der Waals surface area contributed by atoms with E-state index < -0.39 is 0 Å². The summed E-state index contributed by atoms with van der Waals surface area (Å²) in [5.41, 5.74) is 4.52. The maximum Gasteiger partial charge on any atom is 0.175 e. The van der Waals surface area contributed by atoms with Gasteiger partial charge in [0.2, 0.25) is 0 Å². The molecular weight excluding hydrogens is 453 g/mol. The van der Waals surface area contributed by atoms with Gasteiger partial charge in [-0.3, -0.25) is 5.43 Å². The van der Waals surface area contributed by atoms with Crippen molar-refractivity contribution in [1.82, 2.24) is 10.7 Å². The Morgan fingerprint density at radius 3 is 3.00 bits per heavy atom. The predicted octanol–water partition coefficient (Wildman–Crippen LogP) is 2.79. The SMILES string of the molecule is CCOc1cc(/C=N/N/C(=N\N=C(\S)I)C2=CCNC=C2)ccc1O. The lowest BCUT2D eigenvalue weighted by Gasteiger charge is -2.10. The number of nitrogens with zero attached hydrogens (tertiary/aromatic N) is 3. The fraction of sp³-hybridized carbons (Fsp3) is 0.188. The molecule has 0 saturated carbocycles. The monoisotopic (exact) mass is 471 g/mol. The molecule has 0 aliphatic carbocycles. The van der Waals surface area contributed by atoms with Gasteiger partial charge >= 0.3 is 0 Å². The van der Waals surface area contributed by atoms with E-state index in [2.05, 4.69) is 38.7 Å². The fourth-order valence-corrected chi connectivity index (χ4v) is 2.07. The summed E-state index contributed by atoms with van der Waals surface area (Å²) in [7, 11) is 0. The molecular formula is C16H18IN5O2S. The highest BCUT2D eigenvalue weighted by Gasteiger charge is 2.06. The van der Waals surface area contributed by atoms with Gasteiger partial charge in [0.1, 0.15) is 0 Å². The van der Waals surface area contributed by atoms with Crippen LogP contribution in [0.2, 0.25) is 0 Å². The average molecular weight is 471 g/mol. The zero-order valence-electron chi connectivity index (χ0n) is 13.5. The minimum atomic E-state index is 0.0944. The average Bonchev–Trinajstić information content (AvgIpc) is 2.61. The van der Waals surface area contributed by atoms with Gasteiger partial charge in [-0.05, 0) is 65.6 Å². The quantitative estimate of drug-likeness (QED) is 0.169. The van der Waals surface area contributed by atoms with Crippen LogP contribution in [0.3, 0.4) is 0 Å². The Morgan fingerprint density at radius 2 is 2.32 bits per heavy atom. The fourth-order valence-electron chi connectivity index (χ4n) is 1.92. The molecule has 0 unspecified atom stereocenters. The van der Waals surface area contributed by atoms with Crippen LogP contribution in [-0.2, 0) is 0 Å². The van der Waals surface area contributed by atoms with Gasteiger partial charge in [-0.15, -0.1) is 22.8 Å². The van der Waals surface area contributed by atoms with E-state index in [0.29, 0.717) is 27.8 Å². The number of thiol groups is 1. The number of hydrazone groups is 1. The molecule has 1 aromatic rings. The summed E-state index contributed by atoms with van der Waals surface area (Å²) in [6, 6.07) is 5.00. The van der Waals surface area contributed by atoms with Gasteiger partial charge < -0.3 is 15.2 Å². The Bertz CT molecular complexity index is 755. The van der Waals surface area contributed by atoms with Crippen molar-refractivity contribution in [3.05, 3.63) is 47.7 Å². The first kappa shape index (κ1) is 19.3. The number of rotatable bonds is 6. The minimum absolute atomic E-state index is 0.0944. The van der Waals surface area contributed by atoms with E-state index in [4.69, 9.17) is 4.74 Å². The van der Waals surface area contributed by atoms with E-state index in [9.17, 15) is 5.11 Å². The van der Waals surface area contributed by atoms with E-state index in [-0.39, 0.29) is 5.75 Å². The minimum Gasteiger partial charge on any atom is -0.504 e. The van der Waals surface area contributed by atoms with Gasteiger partial charge in [0.15, 0.2) is 20.4 Å². The molecule has 0 aromatic heterocycles. The highest BCUT2D eigenvalue weighted by Crippen LogP contribution is 2.26.